The first-order valence-corrected chi connectivity index (χ1v) is 7.49. The van der Waals surface area contributed by atoms with Crippen molar-refractivity contribution in [2.45, 2.75) is 27.2 Å². The number of carbonyl (C=O) groups is 2. The van der Waals surface area contributed by atoms with E-state index in [9.17, 15) is 14.7 Å². The summed E-state index contributed by atoms with van der Waals surface area (Å²) in [6.45, 7) is 4.91. The van der Waals surface area contributed by atoms with Gasteiger partial charge in [-0.15, -0.1) is 0 Å². The molecule has 0 radical (unpaired) electrons. The molecule has 0 spiro atoms. The number of aliphatic hydroxyl groups is 1. The minimum Gasteiger partial charge on any atom is -0.507 e. The van der Waals surface area contributed by atoms with E-state index >= 15 is 0 Å². The fourth-order valence-corrected chi connectivity index (χ4v) is 3.21. The highest BCUT2D eigenvalue weighted by molar-refractivity contribution is 6.35. The zero-order chi connectivity index (χ0) is 16.7. The van der Waals surface area contributed by atoms with Crippen molar-refractivity contribution in [2.75, 3.05) is 0 Å². The highest BCUT2D eigenvalue weighted by Gasteiger charge is 2.45. The van der Waals surface area contributed by atoms with Gasteiger partial charge in [0.05, 0.1) is 10.9 Å². The fraction of sp³-hybridized carbons (Fsp3) is 0.375. The van der Waals surface area contributed by atoms with Gasteiger partial charge in [0.15, 0.2) is 0 Å². The summed E-state index contributed by atoms with van der Waals surface area (Å²) in [4.78, 5) is 24.1. The predicted molar refractivity (Wildman–Crippen MR) is 84.3 cm³/mol. The summed E-state index contributed by atoms with van der Waals surface area (Å²) in [6, 6.07) is 4.52. The molecule has 0 saturated heterocycles. The Hall–Kier alpha value is -1.52. The molecule has 118 valence electrons. The predicted octanol–water partition coefficient (Wildman–Crippen LogP) is 4.35. The number of aliphatic hydroxyl groups excluding tert-OH is 1. The van der Waals surface area contributed by atoms with Crippen LogP contribution in [0, 0.1) is 11.3 Å². The van der Waals surface area contributed by atoms with Crippen molar-refractivity contribution in [1.29, 1.82) is 0 Å². The normalized spacial score (nSPS) is 21.0. The van der Waals surface area contributed by atoms with E-state index in [1.165, 1.54) is 19.1 Å². The third kappa shape index (κ3) is 3.13. The number of hydrogen-bond acceptors (Lipinski definition) is 4. The first-order valence-electron chi connectivity index (χ1n) is 6.73. The van der Waals surface area contributed by atoms with E-state index in [0.29, 0.717) is 5.02 Å². The summed E-state index contributed by atoms with van der Waals surface area (Å²) in [5, 5.41) is 11.0. The van der Waals surface area contributed by atoms with Gasteiger partial charge in [-0.25, -0.2) is 0 Å². The van der Waals surface area contributed by atoms with Gasteiger partial charge >= 0.3 is 0 Å². The van der Waals surface area contributed by atoms with E-state index in [-0.39, 0.29) is 40.3 Å². The van der Waals surface area contributed by atoms with Crippen LogP contribution in [0.1, 0.15) is 27.2 Å². The molecule has 0 amide bonds. The molecule has 0 fully saturated rings. The van der Waals surface area contributed by atoms with Gasteiger partial charge in [0.2, 0.25) is 11.5 Å². The summed E-state index contributed by atoms with van der Waals surface area (Å²) in [5.74, 6) is -1.76. The molecular weight excluding hydrogens is 327 g/mol. The van der Waals surface area contributed by atoms with Crippen LogP contribution in [0.15, 0.2) is 29.7 Å². The summed E-state index contributed by atoms with van der Waals surface area (Å²) in [7, 11) is 0. The number of carbonyl (C=O) groups excluding carboxylic acids is 2. The third-order valence-electron chi connectivity index (χ3n) is 3.67. The third-order valence-corrected chi connectivity index (χ3v) is 4.20. The molecule has 0 aromatic heterocycles. The van der Waals surface area contributed by atoms with Gasteiger partial charge in [0.1, 0.15) is 17.3 Å². The van der Waals surface area contributed by atoms with Crippen LogP contribution in [0.2, 0.25) is 10.0 Å². The van der Waals surface area contributed by atoms with Crippen LogP contribution in [-0.4, -0.2) is 16.7 Å². The highest BCUT2D eigenvalue weighted by Crippen LogP contribution is 2.42. The van der Waals surface area contributed by atoms with Crippen molar-refractivity contribution < 1.29 is 19.4 Å². The maximum absolute atomic E-state index is 12.2. The minimum atomic E-state index is -0.786. The number of rotatable bonds is 3. The monoisotopic (exact) mass is 342 g/mol. The van der Waals surface area contributed by atoms with Crippen LogP contribution in [0.25, 0.3) is 0 Å². The van der Waals surface area contributed by atoms with Crippen molar-refractivity contribution in [3.8, 4) is 5.75 Å². The van der Waals surface area contributed by atoms with E-state index in [1.807, 2.05) is 0 Å². The Morgan fingerprint density at radius 2 is 2.00 bits per heavy atom. The molecule has 1 N–H and O–H groups in total. The molecule has 1 unspecified atom stereocenters. The molecular formula is C16H16Cl2O4. The molecule has 0 aliphatic heterocycles. The molecule has 4 nitrogen and oxygen atoms in total. The maximum Gasteiger partial charge on any atom is 0.208 e. The zero-order valence-electron chi connectivity index (χ0n) is 12.4. The van der Waals surface area contributed by atoms with Crippen LogP contribution < -0.4 is 4.74 Å². The van der Waals surface area contributed by atoms with Crippen molar-refractivity contribution in [2.24, 2.45) is 11.3 Å². The van der Waals surface area contributed by atoms with Crippen molar-refractivity contribution >= 4 is 34.8 Å². The second-order valence-corrected chi connectivity index (χ2v) is 6.87. The molecule has 22 heavy (non-hydrogen) atoms. The number of ketones is 2. The topological polar surface area (TPSA) is 63.6 Å². The van der Waals surface area contributed by atoms with Crippen molar-refractivity contribution in [3.63, 3.8) is 0 Å². The molecule has 1 atom stereocenters. The van der Waals surface area contributed by atoms with E-state index in [0.717, 1.165) is 0 Å². The van der Waals surface area contributed by atoms with Gasteiger partial charge in [-0.05, 0) is 30.5 Å². The average Bonchev–Trinajstić information content (AvgIpc) is 2.34. The number of hydrogen-bond donors (Lipinski definition) is 1. The summed E-state index contributed by atoms with van der Waals surface area (Å²) in [5.41, 5.74) is -0.663. The lowest BCUT2D eigenvalue weighted by atomic mass is 9.68. The van der Waals surface area contributed by atoms with Crippen LogP contribution in [0.3, 0.4) is 0 Å². The Balaban J connectivity index is 2.45. The van der Waals surface area contributed by atoms with Gasteiger partial charge in [-0.3, -0.25) is 9.59 Å². The Bertz CT molecular complexity index is 677. The van der Waals surface area contributed by atoms with Crippen LogP contribution in [-0.2, 0) is 9.59 Å². The summed E-state index contributed by atoms with van der Waals surface area (Å²) >= 11 is 11.8. The van der Waals surface area contributed by atoms with Gasteiger partial charge in [0.25, 0.3) is 0 Å². The smallest absolute Gasteiger partial charge is 0.208 e. The second-order valence-electron chi connectivity index (χ2n) is 6.02. The largest absolute Gasteiger partial charge is 0.507 e. The molecule has 1 aromatic carbocycles. The minimum absolute atomic E-state index is 0.0991. The number of ether oxygens (including phenoxy) is 1. The lowest BCUT2D eigenvalue weighted by Gasteiger charge is -2.36. The average molecular weight is 343 g/mol. The quantitative estimate of drug-likeness (QED) is 0.886. The van der Waals surface area contributed by atoms with Gasteiger partial charge in [-0.1, -0.05) is 37.0 Å². The molecule has 2 rings (SSSR count). The highest BCUT2D eigenvalue weighted by atomic mass is 35.5. The molecule has 6 heteroatoms. The Morgan fingerprint density at radius 3 is 2.55 bits per heavy atom. The summed E-state index contributed by atoms with van der Waals surface area (Å²) < 4.78 is 5.48. The summed E-state index contributed by atoms with van der Waals surface area (Å²) in [6.07, 6.45) is 0.0991. The fourth-order valence-electron chi connectivity index (χ4n) is 2.76. The molecule has 0 bridgehead atoms. The molecule has 1 aromatic rings. The zero-order valence-corrected chi connectivity index (χ0v) is 14.0. The Morgan fingerprint density at radius 1 is 1.36 bits per heavy atom. The molecule has 1 aliphatic carbocycles. The number of Topliss-reactive ketones (excluding diaryl/α,β-unsaturated/α-hetero) is 2. The van der Waals surface area contributed by atoms with Crippen LogP contribution in [0.4, 0.5) is 0 Å². The second kappa shape index (κ2) is 5.94. The molecule has 0 heterocycles. The lowest BCUT2D eigenvalue weighted by molar-refractivity contribution is -0.129. The van der Waals surface area contributed by atoms with Gasteiger partial charge in [0, 0.05) is 11.4 Å². The van der Waals surface area contributed by atoms with Gasteiger partial charge < -0.3 is 9.84 Å². The van der Waals surface area contributed by atoms with Crippen LogP contribution in [0.5, 0.6) is 5.75 Å². The SMILES string of the molecule is CC(=O)C1C(O)=C(Oc2ccc(Cl)cc2Cl)C(=O)CC1(C)C. The Labute approximate surface area is 138 Å². The van der Waals surface area contributed by atoms with E-state index in [1.54, 1.807) is 19.9 Å². The van der Waals surface area contributed by atoms with Gasteiger partial charge in [-0.2, -0.15) is 0 Å². The lowest BCUT2D eigenvalue weighted by Crippen LogP contribution is -2.40. The van der Waals surface area contributed by atoms with Crippen molar-refractivity contribution in [1.82, 2.24) is 0 Å². The van der Waals surface area contributed by atoms with E-state index < -0.39 is 11.3 Å². The standard InChI is InChI=1S/C16H16Cl2O4/c1-8(19)13-14(21)15(11(20)7-16(13,2)3)22-12-5-4-9(17)6-10(12)18/h4-6,13,21H,7H2,1-3H3. The first kappa shape index (κ1) is 16.8. The van der Waals surface area contributed by atoms with Crippen molar-refractivity contribution in [3.05, 3.63) is 39.8 Å². The maximum atomic E-state index is 12.2. The number of halogens is 2. The van der Waals surface area contributed by atoms with Crippen LogP contribution >= 0.6 is 23.2 Å². The first-order chi connectivity index (χ1) is 10.1. The Kier molecular flexibility index (Phi) is 4.54. The molecule has 0 saturated carbocycles. The van der Waals surface area contributed by atoms with E-state index in [4.69, 9.17) is 27.9 Å². The number of allylic oxidation sites excluding steroid dienone is 2. The molecule has 1 aliphatic rings. The number of benzene rings is 1. The van der Waals surface area contributed by atoms with E-state index in [2.05, 4.69) is 0 Å².